The highest BCUT2D eigenvalue weighted by Crippen LogP contribution is 2.35. The molecule has 0 aromatic rings. The van der Waals surface area contributed by atoms with Gasteiger partial charge in [-0.3, -0.25) is 9.59 Å². The standard InChI is InChI=1S/C27H48O4/c1-7-22(16-30-26(28)24-11-9-18(3)20(5)13-24)15-23(8-2)17-31-27(29)25-12-10-19(4)21(6)14-25/h18-25H,7-17H2,1-6H3. The first-order valence-electron chi connectivity index (χ1n) is 13.1. The smallest absolute Gasteiger partial charge is 0.308 e. The van der Waals surface area contributed by atoms with Crippen LogP contribution in [-0.2, 0) is 19.1 Å². The molecule has 8 unspecified atom stereocenters. The van der Waals surface area contributed by atoms with Crippen LogP contribution in [0.25, 0.3) is 0 Å². The fourth-order valence-electron chi connectivity index (χ4n) is 5.34. The van der Waals surface area contributed by atoms with E-state index in [-0.39, 0.29) is 23.8 Å². The van der Waals surface area contributed by atoms with Crippen molar-refractivity contribution in [2.75, 3.05) is 13.2 Å². The van der Waals surface area contributed by atoms with E-state index in [0.717, 1.165) is 57.8 Å². The van der Waals surface area contributed by atoms with Gasteiger partial charge in [-0.1, -0.05) is 54.4 Å². The molecule has 0 bridgehead atoms. The Morgan fingerprint density at radius 3 is 1.39 bits per heavy atom. The van der Waals surface area contributed by atoms with Crippen LogP contribution in [-0.4, -0.2) is 25.2 Å². The first kappa shape index (κ1) is 26.2. The van der Waals surface area contributed by atoms with Crippen LogP contribution < -0.4 is 0 Å². The van der Waals surface area contributed by atoms with Crippen molar-refractivity contribution in [1.29, 1.82) is 0 Å². The highest BCUT2D eigenvalue weighted by Gasteiger charge is 2.32. The lowest BCUT2D eigenvalue weighted by Gasteiger charge is -2.31. The molecular formula is C27H48O4. The monoisotopic (exact) mass is 436 g/mol. The van der Waals surface area contributed by atoms with Gasteiger partial charge in [-0.05, 0) is 80.5 Å². The predicted molar refractivity (Wildman–Crippen MR) is 125 cm³/mol. The van der Waals surface area contributed by atoms with Crippen LogP contribution in [0.4, 0.5) is 0 Å². The second-order valence-corrected chi connectivity index (χ2v) is 11.0. The summed E-state index contributed by atoms with van der Waals surface area (Å²) >= 11 is 0. The lowest BCUT2D eigenvalue weighted by Crippen LogP contribution is -2.30. The van der Waals surface area contributed by atoms with Gasteiger partial charge >= 0.3 is 11.9 Å². The van der Waals surface area contributed by atoms with E-state index < -0.39 is 0 Å². The molecule has 8 atom stereocenters. The van der Waals surface area contributed by atoms with Crippen molar-refractivity contribution in [1.82, 2.24) is 0 Å². The topological polar surface area (TPSA) is 52.6 Å². The number of carbonyl (C=O) groups is 2. The molecular weight excluding hydrogens is 388 g/mol. The maximum Gasteiger partial charge on any atom is 0.308 e. The summed E-state index contributed by atoms with van der Waals surface area (Å²) in [5.41, 5.74) is 0. The third kappa shape index (κ3) is 8.09. The zero-order valence-electron chi connectivity index (χ0n) is 21.0. The fourth-order valence-corrected chi connectivity index (χ4v) is 5.34. The van der Waals surface area contributed by atoms with Gasteiger partial charge in [0.2, 0.25) is 0 Å². The second kappa shape index (κ2) is 12.8. The Labute approximate surface area is 191 Å². The summed E-state index contributed by atoms with van der Waals surface area (Å²) in [5.74, 6) is 3.44. The van der Waals surface area contributed by atoms with Crippen molar-refractivity contribution in [3.05, 3.63) is 0 Å². The van der Waals surface area contributed by atoms with E-state index in [1.54, 1.807) is 0 Å². The average Bonchev–Trinajstić information content (AvgIpc) is 2.76. The summed E-state index contributed by atoms with van der Waals surface area (Å²) in [7, 11) is 0. The lowest BCUT2D eigenvalue weighted by molar-refractivity contribution is -0.152. The summed E-state index contributed by atoms with van der Waals surface area (Å²) < 4.78 is 11.5. The Balaban J connectivity index is 1.73. The molecule has 0 saturated heterocycles. The number of hydrogen-bond acceptors (Lipinski definition) is 4. The van der Waals surface area contributed by atoms with Crippen LogP contribution >= 0.6 is 0 Å². The molecule has 0 aliphatic heterocycles. The van der Waals surface area contributed by atoms with Crippen LogP contribution in [0.1, 0.15) is 99.3 Å². The minimum atomic E-state index is -0.00248. The van der Waals surface area contributed by atoms with Gasteiger partial charge in [-0.25, -0.2) is 0 Å². The first-order chi connectivity index (χ1) is 14.7. The molecule has 2 rings (SSSR count). The molecule has 2 aliphatic rings. The van der Waals surface area contributed by atoms with E-state index in [1.165, 1.54) is 0 Å². The van der Waals surface area contributed by atoms with Gasteiger partial charge in [0, 0.05) is 0 Å². The van der Waals surface area contributed by atoms with Crippen LogP contribution in [0.5, 0.6) is 0 Å². The van der Waals surface area contributed by atoms with Crippen LogP contribution in [0.15, 0.2) is 0 Å². The van der Waals surface area contributed by atoms with Crippen molar-refractivity contribution in [3.8, 4) is 0 Å². The number of hydrogen-bond donors (Lipinski definition) is 0. The molecule has 0 aromatic heterocycles. The van der Waals surface area contributed by atoms with Crippen molar-refractivity contribution in [2.45, 2.75) is 99.3 Å². The third-order valence-corrected chi connectivity index (χ3v) is 8.61. The summed E-state index contributed by atoms with van der Waals surface area (Å²) in [5, 5.41) is 0. The Morgan fingerprint density at radius 2 is 1.06 bits per heavy atom. The minimum absolute atomic E-state index is 0.00248. The molecule has 4 heteroatoms. The molecule has 4 nitrogen and oxygen atoms in total. The molecule has 0 spiro atoms. The third-order valence-electron chi connectivity index (χ3n) is 8.61. The van der Waals surface area contributed by atoms with Gasteiger partial charge in [-0.2, -0.15) is 0 Å². The maximum atomic E-state index is 12.6. The summed E-state index contributed by atoms with van der Waals surface area (Å²) in [6, 6.07) is 0. The summed E-state index contributed by atoms with van der Waals surface area (Å²) in [6.07, 6.45) is 9.01. The highest BCUT2D eigenvalue weighted by molar-refractivity contribution is 5.73. The summed E-state index contributed by atoms with van der Waals surface area (Å²) in [4.78, 5) is 25.1. The molecule has 0 aromatic carbocycles. The number of ether oxygens (including phenoxy) is 2. The van der Waals surface area contributed by atoms with E-state index in [4.69, 9.17) is 9.47 Å². The van der Waals surface area contributed by atoms with Crippen molar-refractivity contribution < 1.29 is 19.1 Å². The largest absolute Gasteiger partial charge is 0.465 e. The normalized spacial score (nSPS) is 33.4. The zero-order chi connectivity index (χ0) is 23.0. The van der Waals surface area contributed by atoms with E-state index in [9.17, 15) is 9.59 Å². The molecule has 2 saturated carbocycles. The van der Waals surface area contributed by atoms with Crippen molar-refractivity contribution in [2.24, 2.45) is 47.3 Å². The molecule has 2 fully saturated rings. The first-order valence-corrected chi connectivity index (χ1v) is 13.1. The van der Waals surface area contributed by atoms with Crippen LogP contribution in [0.3, 0.4) is 0 Å². The minimum Gasteiger partial charge on any atom is -0.465 e. The van der Waals surface area contributed by atoms with Gasteiger partial charge in [0.1, 0.15) is 0 Å². The van der Waals surface area contributed by atoms with Crippen LogP contribution in [0, 0.1) is 47.3 Å². The number of carbonyl (C=O) groups excluding carboxylic acids is 2. The number of rotatable bonds is 10. The molecule has 180 valence electrons. The van der Waals surface area contributed by atoms with E-state index >= 15 is 0 Å². The molecule has 0 heterocycles. The van der Waals surface area contributed by atoms with Crippen molar-refractivity contribution >= 4 is 11.9 Å². The Hall–Kier alpha value is -1.06. The molecule has 2 aliphatic carbocycles. The zero-order valence-corrected chi connectivity index (χ0v) is 21.0. The van der Waals surface area contributed by atoms with E-state index in [1.807, 2.05) is 0 Å². The van der Waals surface area contributed by atoms with Gasteiger partial charge in [-0.15, -0.1) is 0 Å². The Kier molecular flexibility index (Phi) is 10.9. The number of esters is 2. The van der Waals surface area contributed by atoms with E-state index in [0.29, 0.717) is 48.7 Å². The van der Waals surface area contributed by atoms with Gasteiger partial charge in [0.25, 0.3) is 0 Å². The lowest BCUT2D eigenvalue weighted by atomic mass is 9.76. The summed E-state index contributed by atoms with van der Waals surface area (Å²) in [6.45, 7) is 14.4. The van der Waals surface area contributed by atoms with Crippen molar-refractivity contribution in [3.63, 3.8) is 0 Å². The molecule has 0 radical (unpaired) electrons. The van der Waals surface area contributed by atoms with Crippen LogP contribution in [0.2, 0.25) is 0 Å². The Morgan fingerprint density at radius 1 is 0.677 bits per heavy atom. The molecule has 31 heavy (non-hydrogen) atoms. The Bertz CT molecular complexity index is 511. The highest BCUT2D eigenvalue weighted by atomic mass is 16.5. The fraction of sp³-hybridized carbons (Fsp3) is 0.926. The quantitative estimate of drug-likeness (QED) is 0.359. The van der Waals surface area contributed by atoms with Gasteiger partial charge < -0.3 is 9.47 Å². The molecule has 0 N–H and O–H groups in total. The van der Waals surface area contributed by atoms with Gasteiger partial charge in [0.15, 0.2) is 0 Å². The molecule has 0 amide bonds. The second-order valence-electron chi connectivity index (χ2n) is 11.0. The van der Waals surface area contributed by atoms with Gasteiger partial charge in [0.05, 0.1) is 25.0 Å². The SMILES string of the molecule is CCC(COC(=O)C1CCC(C)C(C)C1)CC(CC)COC(=O)C1CCC(C)C(C)C1. The maximum absolute atomic E-state index is 12.6. The average molecular weight is 437 g/mol. The predicted octanol–water partition coefficient (Wildman–Crippen LogP) is 6.66. The van der Waals surface area contributed by atoms with E-state index in [2.05, 4.69) is 41.5 Å².